The van der Waals surface area contributed by atoms with Crippen LogP contribution in [0.2, 0.25) is 5.02 Å². The minimum absolute atomic E-state index is 0.138. The Bertz CT molecular complexity index is 716. The van der Waals surface area contributed by atoms with E-state index in [2.05, 4.69) is 14.9 Å². The highest BCUT2D eigenvalue weighted by Gasteiger charge is 2.26. The van der Waals surface area contributed by atoms with Gasteiger partial charge in [-0.2, -0.15) is 5.10 Å². The molecule has 0 spiro atoms. The Kier molecular flexibility index (Phi) is 3.76. The molecule has 0 fully saturated rings. The molecule has 3 rings (SSSR count). The molecule has 20 heavy (non-hydrogen) atoms. The topological polar surface area (TPSA) is 74.8 Å². The Morgan fingerprint density at radius 3 is 3.05 bits per heavy atom. The standard InChI is InChI=1S/C12H12ClN3O2S2/c13-8-1-2-12-10(5-8)11(3-4-19-12)16-20(17,18)9-6-14-15-7-9/h1-2,5-7,11,16H,3-4H2,(H,14,15). The Hall–Kier alpha value is -1.02. The first-order valence-corrected chi connectivity index (χ1v) is 8.84. The van der Waals surface area contributed by atoms with Gasteiger partial charge in [0.2, 0.25) is 10.0 Å². The minimum Gasteiger partial charge on any atom is -0.284 e. The lowest BCUT2D eigenvalue weighted by atomic mass is 10.1. The van der Waals surface area contributed by atoms with Crippen LogP contribution in [-0.4, -0.2) is 24.4 Å². The molecule has 1 aromatic heterocycles. The van der Waals surface area contributed by atoms with Crippen molar-refractivity contribution in [2.45, 2.75) is 22.3 Å². The van der Waals surface area contributed by atoms with Crippen LogP contribution in [0.25, 0.3) is 0 Å². The number of hydrogen-bond donors (Lipinski definition) is 2. The maximum absolute atomic E-state index is 12.2. The molecule has 1 aliphatic heterocycles. The number of nitrogens with one attached hydrogen (secondary N) is 2. The molecule has 2 heterocycles. The number of aromatic amines is 1. The zero-order valence-corrected chi connectivity index (χ0v) is 12.7. The third kappa shape index (κ3) is 2.71. The molecule has 1 aliphatic rings. The molecular formula is C12H12ClN3O2S2. The molecular weight excluding hydrogens is 318 g/mol. The fraction of sp³-hybridized carbons (Fsp3) is 0.250. The van der Waals surface area contributed by atoms with Crippen molar-refractivity contribution in [3.63, 3.8) is 0 Å². The van der Waals surface area contributed by atoms with Gasteiger partial charge < -0.3 is 0 Å². The lowest BCUT2D eigenvalue weighted by Crippen LogP contribution is -2.30. The number of halogens is 1. The van der Waals surface area contributed by atoms with E-state index in [1.807, 2.05) is 18.2 Å². The molecule has 1 unspecified atom stereocenters. The predicted octanol–water partition coefficient (Wildman–Crippen LogP) is 2.58. The number of fused-ring (bicyclic) bond motifs is 1. The van der Waals surface area contributed by atoms with E-state index in [0.29, 0.717) is 5.02 Å². The SMILES string of the molecule is O=S(=O)(NC1CCSc2ccc(Cl)cc21)c1cn[nH]c1. The second kappa shape index (κ2) is 5.40. The van der Waals surface area contributed by atoms with Crippen LogP contribution in [-0.2, 0) is 10.0 Å². The van der Waals surface area contributed by atoms with Crippen LogP contribution in [0.1, 0.15) is 18.0 Å². The van der Waals surface area contributed by atoms with Crippen LogP contribution in [0, 0.1) is 0 Å². The van der Waals surface area contributed by atoms with Crippen LogP contribution in [0.4, 0.5) is 0 Å². The first-order chi connectivity index (χ1) is 9.56. The Labute approximate surface area is 126 Å². The first kappa shape index (κ1) is 13.9. The predicted molar refractivity (Wildman–Crippen MR) is 78.4 cm³/mol. The Balaban J connectivity index is 1.92. The monoisotopic (exact) mass is 329 g/mol. The van der Waals surface area contributed by atoms with Gasteiger partial charge in [0.05, 0.1) is 6.20 Å². The van der Waals surface area contributed by atoms with Gasteiger partial charge in [0, 0.05) is 22.2 Å². The molecule has 106 valence electrons. The van der Waals surface area contributed by atoms with E-state index < -0.39 is 10.0 Å². The normalized spacial score (nSPS) is 18.8. The Morgan fingerprint density at radius 1 is 1.45 bits per heavy atom. The summed E-state index contributed by atoms with van der Waals surface area (Å²) < 4.78 is 27.2. The minimum atomic E-state index is -3.57. The highest BCUT2D eigenvalue weighted by molar-refractivity contribution is 7.99. The number of nitrogens with zero attached hydrogens (tertiary/aromatic N) is 1. The lowest BCUT2D eigenvalue weighted by Gasteiger charge is -2.25. The average Bonchev–Trinajstić information content (AvgIpc) is 2.94. The molecule has 0 saturated heterocycles. The number of sulfonamides is 1. The van der Waals surface area contributed by atoms with Gasteiger partial charge in [-0.25, -0.2) is 13.1 Å². The summed E-state index contributed by atoms with van der Waals surface area (Å²) >= 11 is 7.72. The summed E-state index contributed by atoms with van der Waals surface area (Å²) in [5.74, 6) is 0.868. The summed E-state index contributed by atoms with van der Waals surface area (Å²) in [6.07, 6.45) is 3.38. The molecule has 0 amide bonds. The fourth-order valence-electron chi connectivity index (χ4n) is 2.13. The highest BCUT2D eigenvalue weighted by atomic mass is 35.5. The quantitative estimate of drug-likeness (QED) is 0.907. The van der Waals surface area contributed by atoms with Crippen molar-refractivity contribution in [2.24, 2.45) is 0 Å². The van der Waals surface area contributed by atoms with E-state index in [-0.39, 0.29) is 10.9 Å². The fourth-order valence-corrected chi connectivity index (χ4v) is 4.57. The molecule has 1 atom stereocenters. The van der Waals surface area contributed by atoms with Crippen molar-refractivity contribution in [3.8, 4) is 0 Å². The molecule has 2 N–H and O–H groups in total. The number of hydrogen-bond acceptors (Lipinski definition) is 4. The van der Waals surface area contributed by atoms with Gasteiger partial charge in [-0.15, -0.1) is 11.8 Å². The van der Waals surface area contributed by atoms with Gasteiger partial charge in [0.1, 0.15) is 4.90 Å². The molecule has 0 bridgehead atoms. The third-order valence-electron chi connectivity index (χ3n) is 3.09. The zero-order valence-electron chi connectivity index (χ0n) is 10.3. The van der Waals surface area contributed by atoms with Crippen molar-refractivity contribution in [1.82, 2.24) is 14.9 Å². The molecule has 0 saturated carbocycles. The smallest absolute Gasteiger partial charge is 0.244 e. The summed E-state index contributed by atoms with van der Waals surface area (Å²) in [6, 6.07) is 5.32. The number of aromatic nitrogens is 2. The summed E-state index contributed by atoms with van der Waals surface area (Å²) in [5, 5.41) is 6.79. The molecule has 5 nitrogen and oxygen atoms in total. The number of H-pyrrole nitrogens is 1. The highest BCUT2D eigenvalue weighted by Crippen LogP contribution is 2.38. The zero-order chi connectivity index (χ0) is 14.2. The number of rotatable bonds is 3. The summed E-state index contributed by atoms with van der Waals surface area (Å²) in [7, 11) is -3.57. The van der Waals surface area contributed by atoms with Crippen LogP contribution in [0.5, 0.6) is 0 Å². The maximum atomic E-state index is 12.2. The van der Waals surface area contributed by atoms with Gasteiger partial charge in [0.15, 0.2) is 0 Å². The van der Waals surface area contributed by atoms with E-state index >= 15 is 0 Å². The molecule has 0 aliphatic carbocycles. The van der Waals surface area contributed by atoms with Crippen molar-refractivity contribution < 1.29 is 8.42 Å². The van der Waals surface area contributed by atoms with Gasteiger partial charge >= 0.3 is 0 Å². The van der Waals surface area contributed by atoms with Gasteiger partial charge in [-0.3, -0.25) is 5.10 Å². The van der Waals surface area contributed by atoms with E-state index in [1.165, 1.54) is 12.4 Å². The summed E-state index contributed by atoms with van der Waals surface area (Å²) in [5.41, 5.74) is 0.931. The average molecular weight is 330 g/mol. The van der Waals surface area contributed by atoms with Gasteiger partial charge in [-0.1, -0.05) is 11.6 Å². The van der Waals surface area contributed by atoms with Crippen LogP contribution in [0.15, 0.2) is 40.4 Å². The van der Waals surface area contributed by atoms with E-state index in [0.717, 1.165) is 22.6 Å². The van der Waals surface area contributed by atoms with E-state index in [4.69, 9.17) is 11.6 Å². The van der Waals surface area contributed by atoms with Crippen molar-refractivity contribution in [1.29, 1.82) is 0 Å². The summed E-state index contributed by atoms with van der Waals surface area (Å²) in [4.78, 5) is 1.21. The van der Waals surface area contributed by atoms with Gasteiger partial charge in [0.25, 0.3) is 0 Å². The van der Waals surface area contributed by atoms with E-state index in [9.17, 15) is 8.42 Å². The van der Waals surface area contributed by atoms with Crippen LogP contribution >= 0.6 is 23.4 Å². The van der Waals surface area contributed by atoms with Crippen molar-refractivity contribution >= 4 is 33.4 Å². The third-order valence-corrected chi connectivity index (χ3v) is 5.89. The van der Waals surface area contributed by atoms with Crippen LogP contribution in [0.3, 0.4) is 0 Å². The maximum Gasteiger partial charge on any atom is 0.244 e. The molecule has 2 aromatic rings. The summed E-state index contributed by atoms with van der Waals surface area (Å²) in [6.45, 7) is 0. The van der Waals surface area contributed by atoms with Gasteiger partial charge in [-0.05, 0) is 35.9 Å². The number of thioether (sulfide) groups is 1. The van der Waals surface area contributed by atoms with E-state index in [1.54, 1.807) is 11.8 Å². The molecule has 0 radical (unpaired) electrons. The van der Waals surface area contributed by atoms with Crippen molar-refractivity contribution in [2.75, 3.05) is 5.75 Å². The Morgan fingerprint density at radius 2 is 2.30 bits per heavy atom. The van der Waals surface area contributed by atoms with Crippen LogP contribution < -0.4 is 4.72 Å². The molecule has 1 aromatic carbocycles. The number of benzene rings is 1. The second-order valence-electron chi connectivity index (χ2n) is 4.43. The second-order valence-corrected chi connectivity index (χ2v) is 7.71. The molecule has 8 heteroatoms. The van der Waals surface area contributed by atoms with Crippen molar-refractivity contribution in [3.05, 3.63) is 41.2 Å². The lowest BCUT2D eigenvalue weighted by molar-refractivity contribution is 0.546. The first-order valence-electron chi connectivity index (χ1n) is 5.99. The largest absolute Gasteiger partial charge is 0.284 e.